The summed E-state index contributed by atoms with van der Waals surface area (Å²) in [5.74, 6) is 0.243. The minimum Gasteiger partial charge on any atom is -0.496 e. The first-order chi connectivity index (χ1) is 10.4. The Hall–Kier alpha value is -2.62. The Morgan fingerprint density at radius 2 is 1.82 bits per heavy atom. The third-order valence-electron chi connectivity index (χ3n) is 3.42. The van der Waals surface area contributed by atoms with Crippen molar-refractivity contribution in [2.75, 3.05) is 12.4 Å². The molecule has 0 heterocycles. The monoisotopic (exact) mass is 297 g/mol. The number of hydrogen-bond acceptors (Lipinski definition) is 3. The van der Waals surface area contributed by atoms with Crippen molar-refractivity contribution in [3.63, 3.8) is 0 Å². The van der Waals surface area contributed by atoms with Gasteiger partial charge in [0, 0.05) is 11.3 Å². The highest BCUT2D eigenvalue weighted by molar-refractivity contribution is 6.08. The molecule has 1 N–H and O–H groups in total. The van der Waals surface area contributed by atoms with Gasteiger partial charge >= 0.3 is 0 Å². The minimum absolute atomic E-state index is 0.0415. The first kappa shape index (κ1) is 15.8. The second-order valence-corrected chi connectivity index (χ2v) is 5.25. The molecule has 0 atom stereocenters. The molecule has 0 saturated heterocycles. The Morgan fingerprint density at radius 1 is 1.09 bits per heavy atom. The predicted octanol–water partition coefficient (Wildman–Crippen LogP) is 3.77. The number of aryl methyl sites for hydroxylation is 2. The molecule has 2 aromatic carbocycles. The van der Waals surface area contributed by atoms with Crippen LogP contribution in [0.15, 0.2) is 36.4 Å². The minimum atomic E-state index is -0.255. The van der Waals surface area contributed by atoms with Gasteiger partial charge in [0.05, 0.1) is 12.7 Å². The highest BCUT2D eigenvalue weighted by atomic mass is 16.5. The summed E-state index contributed by atoms with van der Waals surface area (Å²) in [5, 5.41) is 2.82. The lowest BCUT2D eigenvalue weighted by Gasteiger charge is -2.13. The Labute approximate surface area is 130 Å². The van der Waals surface area contributed by atoms with Crippen molar-refractivity contribution in [1.29, 1.82) is 0 Å². The van der Waals surface area contributed by atoms with Crippen molar-refractivity contribution in [1.82, 2.24) is 0 Å². The Morgan fingerprint density at radius 3 is 2.45 bits per heavy atom. The molecule has 0 fully saturated rings. The summed E-state index contributed by atoms with van der Waals surface area (Å²) >= 11 is 0. The van der Waals surface area contributed by atoms with Crippen LogP contribution in [0, 0.1) is 13.8 Å². The number of ketones is 1. The molecule has 0 aliphatic rings. The van der Waals surface area contributed by atoms with Gasteiger partial charge in [0.2, 0.25) is 0 Å². The average Bonchev–Trinajstić information content (AvgIpc) is 2.46. The van der Waals surface area contributed by atoms with Crippen LogP contribution in [0.4, 0.5) is 5.69 Å². The predicted molar refractivity (Wildman–Crippen MR) is 86.9 cm³/mol. The van der Waals surface area contributed by atoms with E-state index in [1.807, 2.05) is 26.0 Å². The normalized spacial score (nSPS) is 10.2. The van der Waals surface area contributed by atoms with E-state index in [-0.39, 0.29) is 11.7 Å². The number of amides is 1. The van der Waals surface area contributed by atoms with E-state index in [0.717, 1.165) is 11.1 Å². The standard InChI is InChI=1S/C18H19NO3/c1-11-8-12(2)17(16(9-11)22-4)18(21)19-15-7-5-6-14(10-15)13(3)20/h5-10H,1-4H3,(H,19,21). The van der Waals surface area contributed by atoms with Crippen molar-refractivity contribution in [3.8, 4) is 5.75 Å². The molecule has 22 heavy (non-hydrogen) atoms. The molecule has 0 bridgehead atoms. The maximum atomic E-state index is 12.5. The fourth-order valence-electron chi connectivity index (χ4n) is 2.39. The van der Waals surface area contributed by atoms with Gasteiger partial charge in [0.15, 0.2) is 5.78 Å². The lowest BCUT2D eigenvalue weighted by molar-refractivity contribution is 0.100. The van der Waals surface area contributed by atoms with Crippen LogP contribution in [0.25, 0.3) is 0 Å². The molecule has 0 radical (unpaired) electrons. The number of hydrogen-bond donors (Lipinski definition) is 1. The van der Waals surface area contributed by atoms with E-state index in [2.05, 4.69) is 5.32 Å². The molecular formula is C18H19NO3. The fourth-order valence-corrected chi connectivity index (χ4v) is 2.39. The summed E-state index contributed by atoms with van der Waals surface area (Å²) in [6.07, 6.45) is 0. The molecule has 0 unspecified atom stereocenters. The largest absolute Gasteiger partial charge is 0.496 e. The van der Waals surface area contributed by atoms with Gasteiger partial charge in [-0.25, -0.2) is 0 Å². The van der Waals surface area contributed by atoms with E-state index < -0.39 is 0 Å². The first-order valence-electron chi connectivity index (χ1n) is 7.00. The van der Waals surface area contributed by atoms with Crippen LogP contribution in [0.3, 0.4) is 0 Å². The summed E-state index contributed by atoms with van der Waals surface area (Å²) in [5.41, 5.74) is 3.52. The summed E-state index contributed by atoms with van der Waals surface area (Å²) in [7, 11) is 1.54. The van der Waals surface area contributed by atoms with Gasteiger partial charge in [-0.2, -0.15) is 0 Å². The van der Waals surface area contributed by atoms with E-state index in [0.29, 0.717) is 22.6 Å². The average molecular weight is 297 g/mol. The summed E-state index contributed by atoms with van der Waals surface area (Å²) < 4.78 is 5.31. The Kier molecular flexibility index (Phi) is 4.61. The maximum Gasteiger partial charge on any atom is 0.259 e. The van der Waals surface area contributed by atoms with Crippen molar-refractivity contribution in [2.24, 2.45) is 0 Å². The van der Waals surface area contributed by atoms with Gasteiger partial charge < -0.3 is 10.1 Å². The number of rotatable bonds is 4. The van der Waals surface area contributed by atoms with Crippen LogP contribution in [0.2, 0.25) is 0 Å². The fraction of sp³-hybridized carbons (Fsp3) is 0.222. The van der Waals surface area contributed by atoms with Crippen LogP contribution in [0.1, 0.15) is 38.8 Å². The lowest BCUT2D eigenvalue weighted by atomic mass is 10.0. The number of benzene rings is 2. The molecule has 114 valence electrons. The number of anilines is 1. The molecule has 1 amide bonds. The zero-order chi connectivity index (χ0) is 16.3. The van der Waals surface area contributed by atoms with E-state index in [9.17, 15) is 9.59 Å². The van der Waals surface area contributed by atoms with Gasteiger partial charge in [0.1, 0.15) is 5.75 Å². The van der Waals surface area contributed by atoms with Crippen LogP contribution < -0.4 is 10.1 Å². The second kappa shape index (κ2) is 6.43. The molecule has 0 saturated carbocycles. The third-order valence-corrected chi connectivity index (χ3v) is 3.42. The number of carbonyl (C=O) groups excluding carboxylic acids is 2. The maximum absolute atomic E-state index is 12.5. The zero-order valence-electron chi connectivity index (χ0n) is 13.2. The molecule has 0 aromatic heterocycles. The first-order valence-corrected chi connectivity index (χ1v) is 7.00. The third kappa shape index (κ3) is 3.34. The number of Topliss-reactive ketones (excluding diaryl/α,β-unsaturated/α-hetero) is 1. The van der Waals surface area contributed by atoms with Crippen LogP contribution in [-0.2, 0) is 0 Å². The Balaban J connectivity index is 2.34. The molecular weight excluding hydrogens is 278 g/mol. The van der Waals surface area contributed by atoms with E-state index in [1.165, 1.54) is 6.92 Å². The van der Waals surface area contributed by atoms with Gasteiger partial charge in [-0.3, -0.25) is 9.59 Å². The van der Waals surface area contributed by atoms with E-state index >= 15 is 0 Å². The molecule has 0 aliphatic heterocycles. The smallest absolute Gasteiger partial charge is 0.259 e. The molecule has 0 spiro atoms. The van der Waals surface area contributed by atoms with Gasteiger partial charge in [-0.15, -0.1) is 0 Å². The van der Waals surface area contributed by atoms with Crippen molar-refractivity contribution in [3.05, 3.63) is 58.7 Å². The Bertz CT molecular complexity index is 735. The molecule has 4 nitrogen and oxygen atoms in total. The quantitative estimate of drug-likeness (QED) is 0.874. The van der Waals surface area contributed by atoms with Gasteiger partial charge in [0.25, 0.3) is 5.91 Å². The molecule has 2 rings (SSSR count). The number of nitrogens with one attached hydrogen (secondary N) is 1. The highest BCUT2D eigenvalue weighted by Crippen LogP contribution is 2.25. The van der Waals surface area contributed by atoms with Crippen LogP contribution >= 0.6 is 0 Å². The summed E-state index contributed by atoms with van der Waals surface area (Å²) in [6, 6.07) is 10.6. The van der Waals surface area contributed by atoms with Crippen molar-refractivity contribution >= 4 is 17.4 Å². The van der Waals surface area contributed by atoms with Crippen LogP contribution in [-0.4, -0.2) is 18.8 Å². The summed E-state index contributed by atoms with van der Waals surface area (Å²) in [6.45, 7) is 5.32. The molecule has 0 aliphatic carbocycles. The van der Waals surface area contributed by atoms with Crippen molar-refractivity contribution < 1.29 is 14.3 Å². The molecule has 4 heteroatoms. The number of ether oxygens (including phenoxy) is 1. The van der Waals surface area contributed by atoms with Crippen LogP contribution in [0.5, 0.6) is 5.75 Å². The summed E-state index contributed by atoms with van der Waals surface area (Å²) in [4.78, 5) is 23.9. The zero-order valence-corrected chi connectivity index (χ0v) is 13.2. The van der Waals surface area contributed by atoms with E-state index in [4.69, 9.17) is 4.74 Å². The SMILES string of the molecule is COc1cc(C)cc(C)c1C(=O)Nc1cccc(C(C)=O)c1. The second-order valence-electron chi connectivity index (χ2n) is 5.25. The van der Waals surface area contributed by atoms with E-state index in [1.54, 1.807) is 31.4 Å². The number of methoxy groups -OCH3 is 1. The van der Waals surface area contributed by atoms with Gasteiger partial charge in [-0.1, -0.05) is 18.2 Å². The van der Waals surface area contributed by atoms with Gasteiger partial charge in [-0.05, 0) is 50.1 Å². The highest BCUT2D eigenvalue weighted by Gasteiger charge is 2.16. The van der Waals surface area contributed by atoms with Crippen molar-refractivity contribution in [2.45, 2.75) is 20.8 Å². The topological polar surface area (TPSA) is 55.4 Å². The lowest BCUT2D eigenvalue weighted by Crippen LogP contribution is -2.15. The number of carbonyl (C=O) groups is 2. The molecule has 2 aromatic rings.